The zero-order chi connectivity index (χ0) is 12.8. The van der Waals surface area contributed by atoms with Gasteiger partial charge in [0.05, 0.1) is 0 Å². The van der Waals surface area contributed by atoms with Crippen LogP contribution in [0, 0.1) is 0 Å². The van der Waals surface area contributed by atoms with Gasteiger partial charge in [0.2, 0.25) is 0 Å². The van der Waals surface area contributed by atoms with Gasteiger partial charge >= 0.3 is 0 Å². The fourth-order valence-corrected chi connectivity index (χ4v) is 2.57. The molecule has 0 saturated heterocycles. The lowest BCUT2D eigenvalue weighted by Crippen LogP contribution is -2.25. The Labute approximate surface area is 106 Å². The topological polar surface area (TPSA) is 12.9 Å². The molecule has 1 fully saturated rings. The Morgan fingerprint density at radius 1 is 1.00 bits per heavy atom. The summed E-state index contributed by atoms with van der Waals surface area (Å²) in [6, 6.07) is 2.24. The van der Waals surface area contributed by atoms with Gasteiger partial charge in [0.1, 0.15) is 0 Å². The van der Waals surface area contributed by atoms with Gasteiger partial charge in [-0.25, -0.2) is 0 Å². The average molecular weight is 231 g/mol. The van der Waals surface area contributed by atoms with E-state index in [1.807, 2.05) is 6.20 Å². The van der Waals surface area contributed by atoms with Crippen LogP contribution < -0.4 is 0 Å². The molecular weight excluding hydrogens is 206 g/mol. The van der Waals surface area contributed by atoms with Crippen molar-refractivity contribution in [3.05, 3.63) is 29.1 Å². The predicted molar refractivity (Wildman–Crippen MR) is 73.6 cm³/mol. The van der Waals surface area contributed by atoms with E-state index >= 15 is 0 Å². The highest BCUT2D eigenvalue weighted by atomic mass is 14.7. The molecular formula is C16H25N. The zero-order valence-electron chi connectivity index (χ0n) is 12.1. The van der Waals surface area contributed by atoms with Gasteiger partial charge in [0.15, 0.2) is 0 Å². The van der Waals surface area contributed by atoms with Gasteiger partial charge in [-0.1, -0.05) is 41.5 Å². The van der Waals surface area contributed by atoms with Gasteiger partial charge < -0.3 is 0 Å². The van der Waals surface area contributed by atoms with Crippen molar-refractivity contribution in [2.24, 2.45) is 0 Å². The van der Waals surface area contributed by atoms with Crippen LogP contribution in [0.1, 0.15) is 77.1 Å². The minimum Gasteiger partial charge on any atom is -0.260 e. The van der Waals surface area contributed by atoms with Crippen LogP contribution in [0.25, 0.3) is 0 Å². The van der Waals surface area contributed by atoms with E-state index in [2.05, 4.69) is 52.6 Å². The van der Waals surface area contributed by atoms with Gasteiger partial charge in [0, 0.05) is 17.3 Å². The fourth-order valence-electron chi connectivity index (χ4n) is 2.57. The Morgan fingerprint density at radius 3 is 2.00 bits per heavy atom. The molecule has 1 aliphatic rings. The van der Waals surface area contributed by atoms with Crippen LogP contribution in [0.4, 0.5) is 0 Å². The third-order valence-electron chi connectivity index (χ3n) is 3.46. The Kier molecular flexibility index (Phi) is 2.84. The summed E-state index contributed by atoms with van der Waals surface area (Å²) < 4.78 is 0. The Morgan fingerprint density at radius 2 is 1.59 bits per heavy atom. The van der Waals surface area contributed by atoms with Crippen molar-refractivity contribution in [1.82, 2.24) is 4.98 Å². The van der Waals surface area contributed by atoms with Gasteiger partial charge in [-0.05, 0) is 41.4 Å². The number of aromatic nitrogens is 1. The highest BCUT2D eigenvalue weighted by molar-refractivity contribution is 5.42. The van der Waals surface area contributed by atoms with Gasteiger partial charge in [0.25, 0.3) is 0 Å². The van der Waals surface area contributed by atoms with E-state index in [4.69, 9.17) is 0 Å². The average Bonchev–Trinajstić information content (AvgIpc) is 2.96. The van der Waals surface area contributed by atoms with Crippen LogP contribution in [-0.2, 0) is 10.8 Å². The minimum absolute atomic E-state index is 0.132. The van der Waals surface area contributed by atoms with Crippen LogP contribution in [-0.4, -0.2) is 4.98 Å². The number of hydrogen-bond acceptors (Lipinski definition) is 1. The van der Waals surface area contributed by atoms with Crippen molar-refractivity contribution in [2.45, 2.75) is 71.1 Å². The zero-order valence-corrected chi connectivity index (χ0v) is 12.1. The summed E-state index contributed by atoms with van der Waals surface area (Å²) in [6.07, 6.45) is 4.72. The number of hydrogen-bond donors (Lipinski definition) is 0. The molecule has 0 atom stereocenters. The van der Waals surface area contributed by atoms with Crippen molar-refractivity contribution in [2.75, 3.05) is 0 Å². The maximum atomic E-state index is 4.69. The number of pyridine rings is 1. The molecule has 2 rings (SSSR count). The second-order valence-electron chi connectivity index (χ2n) is 7.40. The molecule has 0 unspecified atom stereocenters. The van der Waals surface area contributed by atoms with Crippen molar-refractivity contribution in [3.63, 3.8) is 0 Å². The van der Waals surface area contributed by atoms with E-state index in [-0.39, 0.29) is 10.8 Å². The second-order valence-corrected chi connectivity index (χ2v) is 7.40. The maximum absolute atomic E-state index is 4.69. The minimum atomic E-state index is 0.132. The molecule has 1 nitrogen and oxygen atoms in total. The molecule has 94 valence electrons. The predicted octanol–water partition coefficient (Wildman–Crippen LogP) is 4.55. The van der Waals surface area contributed by atoms with E-state index in [1.54, 1.807) is 5.56 Å². The maximum Gasteiger partial charge on any atom is 0.0497 e. The summed E-state index contributed by atoms with van der Waals surface area (Å²) in [7, 11) is 0. The standard InChI is InChI=1S/C16H25N/c1-15(2,3)13-12(11-7-8-11)9-10-17-14(13)16(4,5)6/h9-11H,7-8H2,1-6H3. The van der Waals surface area contributed by atoms with E-state index in [9.17, 15) is 0 Å². The Bertz CT molecular complexity index is 414. The molecule has 0 radical (unpaired) electrons. The third-order valence-corrected chi connectivity index (χ3v) is 3.46. The van der Waals surface area contributed by atoms with Crippen molar-refractivity contribution in [3.8, 4) is 0 Å². The summed E-state index contributed by atoms with van der Waals surface area (Å²) in [5.74, 6) is 0.799. The van der Waals surface area contributed by atoms with Crippen LogP contribution in [0.5, 0.6) is 0 Å². The number of rotatable bonds is 1. The first-order valence-corrected chi connectivity index (χ1v) is 6.71. The highest BCUT2D eigenvalue weighted by Gasteiger charge is 2.34. The molecule has 1 heterocycles. The second kappa shape index (κ2) is 3.83. The SMILES string of the molecule is CC(C)(C)c1nccc(C2CC2)c1C(C)(C)C. The third kappa shape index (κ3) is 2.53. The lowest BCUT2D eigenvalue weighted by Gasteiger charge is -2.31. The first-order valence-electron chi connectivity index (χ1n) is 6.71. The van der Waals surface area contributed by atoms with Crippen molar-refractivity contribution in [1.29, 1.82) is 0 Å². The normalized spacial score (nSPS) is 17.3. The lowest BCUT2D eigenvalue weighted by molar-refractivity contribution is 0.509. The van der Waals surface area contributed by atoms with Crippen LogP contribution in [0.2, 0.25) is 0 Å². The van der Waals surface area contributed by atoms with Crippen molar-refractivity contribution < 1.29 is 0 Å². The molecule has 1 aliphatic carbocycles. The van der Waals surface area contributed by atoms with Crippen LogP contribution in [0.3, 0.4) is 0 Å². The smallest absolute Gasteiger partial charge is 0.0497 e. The molecule has 0 amide bonds. The summed E-state index contributed by atoms with van der Waals surface area (Å²) in [5.41, 5.74) is 4.66. The molecule has 0 aliphatic heterocycles. The van der Waals surface area contributed by atoms with Crippen LogP contribution >= 0.6 is 0 Å². The molecule has 0 aromatic carbocycles. The molecule has 0 N–H and O–H groups in total. The Balaban J connectivity index is 2.63. The van der Waals surface area contributed by atoms with E-state index in [0.29, 0.717) is 0 Å². The summed E-state index contributed by atoms with van der Waals surface area (Å²) >= 11 is 0. The quantitative estimate of drug-likeness (QED) is 0.690. The molecule has 1 heteroatoms. The van der Waals surface area contributed by atoms with Gasteiger partial charge in [-0.15, -0.1) is 0 Å². The summed E-state index contributed by atoms with van der Waals surface area (Å²) in [5, 5.41) is 0. The lowest BCUT2D eigenvalue weighted by atomic mass is 9.75. The molecule has 0 bridgehead atoms. The molecule has 0 spiro atoms. The first kappa shape index (κ1) is 12.6. The van der Waals surface area contributed by atoms with Crippen molar-refractivity contribution >= 4 is 0 Å². The van der Waals surface area contributed by atoms with Gasteiger partial charge in [-0.2, -0.15) is 0 Å². The largest absolute Gasteiger partial charge is 0.260 e. The number of nitrogens with zero attached hydrogens (tertiary/aromatic N) is 1. The summed E-state index contributed by atoms with van der Waals surface area (Å²) in [4.78, 5) is 4.69. The highest BCUT2D eigenvalue weighted by Crippen LogP contribution is 2.46. The van der Waals surface area contributed by atoms with E-state index in [0.717, 1.165) is 5.92 Å². The molecule has 1 aromatic rings. The molecule has 1 aromatic heterocycles. The first-order chi connectivity index (χ1) is 7.71. The van der Waals surface area contributed by atoms with E-state index in [1.165, 1.54) is 24.1 Å². The van der Waals surface area contributed by atoms with Crippen LogP contribution in [0.15, 0.2) is 12.3 Å². The monoisotopic (exact) mass is 231 g/mol. The van der Waals surface area contributed by atoms with Gasteiger partial charge in [-0.3, -0.25) is 4.98 Å². The Hall–Kier alpha value is -0.850. The fraction of sp³-hybridized carbons (Fsp3) is 0.688. The van der Waals surface area contributed by atoms with E-state index < -0.39 is 0 Å². The molecule has 1 saturated carbocycles. The molecule has 17 heavy (non-hydrogen) atoms. The summed E-state index contributed by atoms with van der Waals surface area (Å²) in [6.45, 7) is 13.7.